The maximum atomic E-state index is 11.7. The minimum atomic E-state index is -3.02. The number of aryl methyl sites for hydroxylation is 1. The summed E-state index contributed by atoms with van der Waals surface area (Å²) in [5, 5.41) is 0. The number of nitrogens with two attached hydrogens (primary N) is 1. The number of carbonyl (C=O) groups excluding carboxylic acids is 1. The third-order valence-corrected chi connectivity index (χ3v) is 4.92. The summed E-state index contributed by atoms with van der Waals surface area (Å²) in [6.07, 6.45) is 0.492. The fourth-order valence-corrected chi connectivity index (χ4v) is 4.05. The number of aromatic nitrogens is 2. The van der Waals surface area contributed by atoms with Gasteiger partial charge < -0.3 is 15.0 Å². The van der Waals surface area contributed by atoms with Crippen molar-refractivity contribution >= 4 is 21.6 Å². The zero-order valence-corrected chi connectivity index (χ0v) is 11.7. The molecule has 2 rings (SSSR count). The highest BCUT2D eigenvalue weighted by Crippen LogP contribution is 2.29. The van der Waals surface area contributed by atoms with Crippen LogP contribution in [0.1, 0.15) is 35.7 Å². The van der Waals surface area contributed by atoms with Crippen molar-refractivity contribution in [2.24, 2.45) is 0 Å². The molecule has 0 radical (unpaired) electrons. The lowest BCUT2D eigenvalue weighted by molar-refractivity contribution is 0.0521. The van der Waals surface area contributed by atoms with E-state index in [9.17, 15) is 13.2 Å². The zero-order chi connectivity index (χ0) is 14.2. The van der Waals surface area contributed by atoms with Gasteiger partial charge in [-0.3, -0.25) is 0 Å². The highest BCUT2D eigenvalue weighted by Gasteiger charge is 2.33. The lowest BCUT2D eigenvalue weighted by atomic mass is 10.2. The van der Waals surface area contributed by atoms with Gasteiger partial charge in [-0.1, -0.05) is 0 Å². The van der Waals surface area contributed by atoms with Crippen LogP contribution >= 0.6 is 0 Å². The Labute approximate surface area is 111 Å². The quantitative estimate of drug-likeness (QED) is 0.802. The van der Waals surface area contributed by atoms with Crippen molar-refractivity contribution in [3.63, 3.8) is 0 Å². The number of imidazole rings is 1. The molecule has 1 unspecified atom stereocenters. The van der Waals surface area contributed by atoms with Gasteiger partial charge in [-0.05, 0) is 20.3 Å². The van der Waals surface area contributed by atoms with E-state index in [0.717, 1.165) is 0 Å². The van der Waals surface area contributed by atoms with E-state index in [1.165, 1.54) is 0 Å². The number of nitrogens with zero attached hydrogens (tertiary/aromatic N) is 2. The van der Waals surface area contributed by atoms with E-state index in [1.54, 1.807) is 18.4 Å². The molecule has 1 saturated heterocycles. The zero-order valence-electron chi connectivity index (χ0n) is 10.9. The lowest BCUT2D eigenvalue weighted by Gasteiger charge is -2.13. The van der Waals surface area contributed by atoms with E-state index in [0.29, 0.717) is 12.2 Å². The number of carbonyl (C=O) groups is 1. The molecule has 106 valence electrons. The van der Waals surface area contributed by atoms with Crippen molar-refractivity contribution in [3.05, 3.63) is 11.5 Å². The van der Waals surface area contributed by atoms with Crippen LogP contribution in [-0.2, 0) is 14.6 Å². The van der Waals surface area contributed by atoms with E-state index in [4.69, 9.17) is 10.5 Å². The number of anilines is 1. The average molecular weight is 287 g/mol. The third kappa shape index (κ3) is 2.58. The highest BCUT2D eigenvalue weighted by atomic mass is 32.2. The Bertz CT molecular complexity index is 606. The number of sulfone groups is 1. The van der Waals surface area contributed by atoms with Crippen LogP contribution in [0.5, 0.6) is 0 Å². The molecule has 8 heteroatoms. The predicted octanol–water partition coefficient (Wildman–Crippen LogP) is 0.310. The minimum Gasteiger partial charge on any atom is -0.461 e. The van der Waals surface area contributed by atoms with Gasteiger partial charge in [0.05, 0.1) is 24.2 Å². The summed E-state index contributed by atoms with van der Waals surface area (Å²) in [5.74, 6) is 0.309. The van der Waals surface area contributed by atoms with E-state index in [-0.39, 0.29) is 35.7 Å². The smallest absolute Gasteiger partial charge is 0.360 e. The first-order valence-corrected chi connectivity index (χ1v) is 7.89. The van der Waals surface area contributed by atoms with Gasteiger partial charge in [0.15, 0.2) is 15.5 Å². The molecule has 1 aromatic heterocycles. The summed E-state index contributed by atoms with van der Waals surface area (Å²) in [4.78, 5) is 15.8. The number of hydrogen-bond donors (Lipinski definition) is 1. The van der Waals surface area contributed by atoms with Crippen molar-refractivity contribution in [2.75, 3.05) is 23.8 Å². The van der Waals surface area contributed by atoms with Crippen molar-refractivity contribution in [2.45, 2.75) is 26.3 Å². The Balaban J connectivity index is 2.35. The van der Waals surface area contributed by atoms with Crippen LogP contribution in [0.15, 0.2) is 0 Å². The van der Waals surface area contributed by atoms with Crippen molar-refractivity contribution < 1.29 is 17.9 Å². The van der Waals surface area contributed by atoms with Crippen molar-refractivity contribution in [1.82, 2.24) is 9.55 Å². The van der Waals surface area contributed by atoms with Crippen LogP contribution in [0.2, 0.25) is 0 Å². The molecule has 0 aromatic carbocycles. The Morgan fingerprint density at radius 1 is 1.58 bits per heavy atom. The number of nitrogen functional groups attached to an aromatic ring is 1. The van der Waals surface area contributed by atoms with Gasteiger partial charge in [-0.2, -0.15) is 0 Å². The van der Waals surface area contributed by atoms with E-state index < -0.39 is 15.8 Å². The first kappa shape index (κ1) is 13.9. The fraction of sp³-hybridized carbons (Fsp3) is 0.636. The normalized spacial score (nSPS) is 21.5. The number of hydrogen-bond acceptors (Lipinski definition) is 6. The van der Waals surface area contributed by atoms with E-state index in [1.807, 2.05) is 0 Å². The van der Waals surface area contributed by atoms with Gasteiger partial charge in [0.25, 0.3) is 0 Å². The maximum absolute atomic E-state index is 11.7. The molecule has 2 heterocycles. The van der Waals surface area contributed by atoms with Crippen LogP contribution in [0.25, 0.3) is 0 Å². The summed E-state index contributed by atoms with van der Waals surface area (Å²) in [7, 11) is -3.02. The molecule has 0 amide bonds. The lowest BCUT2D eigenvalue weighted by Crippen LogP contribution is -2.16. The largest absolute Gasteiger partial charge is 0.461 e. The van der Waals surface area contributed by atoms with Crippen LogP contribution in [0.4, 0.5) is 5.82 Å². The predicted molar refractivity (Wildman–Crippen MR) is 69.6 cm³/mol. The SMILES string of the molecule is CCOC(=O)c1nc(C)n(C2CCS(=O)(=O)C2)c1N. The van der Waals surface area contributed by atoms with Gasteiger partial charge >= 0.3 is 5.97 Å². The number of rotatable bonds is 3. The van der Waals surface area contributed by atoms with Gasteiger partial charge in [-0.15, -0.1) is 0 Å². The highest BCUT2D eigenvalue weighted by molar-refractivity contribution is 7.91. The van der Waals surface area contributed by atoms with Crippen molar-refractivity contribution in [3.8, 4) is 0 Å². The Morgan fingerprint density at radius 2 is 2.26 bits per heavy atom. The molecule has 1 fully saturated rings. The molecule has 1 aromatic rings. The summed E-state index contributed by atoms with van der Waals surface area (Å²) < 4.78 is 29.5. The third-order valence-electron chi connectivity index (χ3n) is 3.17. The monoisotopic (exact) mass is 287 g/mol. The fourth-order valence-electron chi connectivity index (χ4n) is 2.35. The second kappa shape index (κ2) is 4.84. The molecule has 0 saturated carbocycles. The van der Waals surface area contributed by atoms with Gasteiger partial charge in [0, 0.05) is 0 Å². The average Bonchev–Trinajstić information content (AvgIpc) is 2.79. The van der Waals surface area contributed by atoms with Gasteiger partial charge in [0.1, 0.15) is 11.6 Å². The van der Waals surface area contributed by atoms with Crippen molar-refractivity contribution in [1.29, 1.82) is 0 Å². The Kier molecular flexibility index (Phi) is 3.53. The van der Waals surface area contributed by atoms with Crippen LogP contribution in [-0.4, -0.2) is 42.1 Å². The molecule has 7 nitrogen and oxygen atoms in total. The molecule has 2 N–H and O–H groups in total. The minimum absolute atomic E-state index is 0.0384. The second-order valence-electron chi connectivity index (χ2n) is 4.54. The molecule has 0 aliphatic carbocycles. The molecule has 19 heavy (non-hydrogen) atoms. The summed E-state index contributed by atoms with van der Waals surface area (Å²) in [6, 6.07) is -0.249. The Morgan fingerprint density at radius 3 is 2.79 bits per heavy atom. The second-order valence-corrected chi connectivity index (χ2v) is 6.77. The van der Waals surface area contributed by atoms with E-state index >= 15 is 0 Å². The van der Waals surface area contributed by atoms with Crippen LogP contribution in [0.3, 0.4) is 0 Å². The number of esters is 1. The Hall–Kier alpha value is -1.57. The summed E-state index contributed by atoms with van der Waals surface area (Å²) >= 11 is 0. The first-order chi connectivity index (χ1) is 8.85. The first-order valence-electron chi connectivity index (χ1n) is 6.07. The molecule has 1 aliphatic heterocycles. The topological polar surface area (TPSA) is 104 Å². The maximum Gasteiger partial charge on any atom is 0.360 e. The molecular weight excluding hydrogens is 270 g/mol. The standard InChI is InChI=1S/C11H17N3O4S/c1-3-18-11(15)9-10(12)14(7(2)13-9)8-4-5-19(16,17)6-8/h8H,3-6,12H2,1-2H3. The summed E-state index contributed by atoms with van der Waals surface area (Å²) in [6.45, 7) is 3.63. The van der Waals surface area contributed by atoms with Crippen LogP contribution in [0, 0.1) is 6.92 Å². The molecule has 0 spiro atoms. The molecular formula is C11H17N3O4S. The van der Waals surface area contributed by atoms with E-state index in [2.05, 4.69) is 4.98 Å². The van der Waals surface area contributed by atoms with Gasteiger partial charge in [0.2, 0.25) is 0 Å². The van der Waals surface area contributed by atoms with Gasteiger partial charge in [-0.25, -0.2) is 18.2 Å². The number of ether oxygens (including phenoxy) is 1. The summed E-state index contributed by atoms with van der Waals surface area (Å²) in [5.41, 5.74) is 5.97. The molecule has 1 aliphatic rings. The molecule has 0 bridgehead atoms. The van der Waals surface area contributed by atoms with Crippen LogP contribution < -0.4 is 5.73 Å². The molecule has 1 atom stereocenters.